The van der Waals surface area contributed by atoms with Crippen LogP contribution < -0.4 is 5.73 Å². The van der Waals surface area contributed by atoms with Gasteiger partial charge in [0, 0.05) is 17.7 Å². The first-order valence-electron chi connectivity index (χ1n) is 4.64. The van der Waals surface area contributed by atoms with E-state index in [0.717, 1.165) is 17.0 Å². The van der Waals surface area contributed by atoms with Crippen molar-refractivity contribution < 1.29 is 4.74 Å². The summed E-state index contributed by atoms with van der Waals surface area (Å²) in [5.41, 5.74) is 6.17. The lowest BCUT2D eigenvalue weighted by Gasteiger charge is -2.29. The number of methoxy groups -OCH3 is 1. The zero-order valence-electron chi connectivity index (χ0n) is 8.59. The van der Waals surface area contributed by atoms with E-state index < -0.39 is 0 Å². The number of nitrogens with two attached hydrogens (primary N) is 1. The molecule has 1 atom stereocenters. The molecule has 3 heteroatoms. The van der Waals surface area contributed by atoms with Gasteiger partial charge in [-0.2, -0.15) is 0 Å². The second-order valence-corrected chi connectivity index (χ2v) is 3.86. The van der Waals surface area contributed by atoms with E-state index in [2.05, 4.69) is 0 Å². The summed E-state index contributed by atoms with van der Waals surface area (Å²) in [6.07, 6.45) is 0.757. The van der Waals surface area contributed by atoms with Crippen LogP contribution in [0.5, 0.6) is 0 Å². The van der Waals surface area contributed by atoms with Gasteiger partial charge in [-0.25, -0.2) is 0 Å². The number of halogens is 1. The lowest BCUT2D eigenvalue weighted by Crippen LogP contribution is -2.28. The van der Waals surface area contributed by atoms with Crippen molar-refractivity contribution in [2.75, 3.05) is 13.7 Å². The fourth-order valence-electron chi connectivity index (χ4n) is 1.51. The van der Waals surface area contributed by atoms with Crippen molar-refractivity contribution in [3.63, 3.8) is 0 Å². The third-order valence-corrected chi connectivity index (χ3v) is 2.85. The molecule has 0 spiro atoms. The minimum atomic E-state index is -0.382. The Morgan fingerprint density at radius 2 is 2.07 bits per heavy atom. The summed E-state index contributed by atoms with van der Waals surface area (Å²) in [6.45, 7) is 2.58. The van der Waals surface area contributed by atoms with E-state index in [9.17, 15) is 0 Å². The quantitative estimate of drug-likeness (QED) is 0.835. The van der Waals surface area contributed by atoms with Crippen LogP contribution in [0, 0.1) is 0 Å². The molecule has 78 valence electrons. The van der Waals surface area contributed by atoms with Crippen LogP contribution in [0.25, 0.3) is 0 Å². The number of rotatable bonds is 4. The van der Waals surface area contributed by atoms with Gasteiger partial charge in [0.1, 0.15) is 0 Å². The van der Waals surface area contributed by atoms with Crippen LogP contribution in [0.15, 0.2) is 24.3 Å². The van der Waals surface area contributed by atoms with Crippen LogP contribution in [0.3, 0.4) is 0 Å². The normalized spacial score (nSPS) is 15.1. The van der Waals surface area contributed by atoms with Crippen LogP contribution in [-0.4, -0.2) is 13.7 Å². The minimum absolute atomic E-state index is 0.382. The zero-order valence-corrected chi connectivity index (χ0v) is 9.34. The second-order valence-electron chi connectivity index (χ2n) is 3.45. The van der Waals surface area contributed by atoms with Gasteiger partial charge in [-0.15, -0.1) is 0 Å². The fraction of sp³-hybridized carbons (Fsp3) is 0.455. The molecule has 0 aliphatic carbocycles. The number of benzene rings is 1. The van der Waals surface area contributed by atoms with E-state index in [4.69, 9.17) is 22.1 Å². The fourth-order valence-corrected chi connectivity index (χ4v) is 1.85. The SMILES string of the molecule is COC(C)(CCN)c1ccccc1Cl. The van der Waals surface area contributed by atoms with Gasteiger partial charge in [-0.05, 0) is 26.0 Å². The van der Waals surface area contributed by atoms with E-state index in [0.29, 0.717) is 6.54 Å². The molecule has 0 saturated heterocycles. The summed E-state index contributed by atoms with van der Waals surface area (Å²) in [4.78, 5) is 0. The maximum absolute atomic E-state index is 6.10. The topological polar surface area (TPSA) is 35.2 Å². The Bertz CT molecular complexity index is 303. The summed E-state index contributed by atoms with van der Waals surface area (Å²) in [6, 6.07) is 7.70. The molecule has 0 fully saturated rings. The Balaban J connectivity index is 3.05. The van der Waals surface area contributed by atoms with Crippen molar-refractivity contribution in [1.82, 2.24) is 0 Å². The van der Waals surface area contributed by atoms with Crippen molar-refractivity contribution in [1.29, 1.82) is 0 Å². The first kappa shape index (κ1) is 11.5. The predicted molar refractivity (Wildman–Crippen MR) is 59.5 cm³/mol. The molecule has 1 aromatic carbocycles. The molecule has 0 heterocycles. The number of ether oxygens (including phenoxy) is 1. The first-order valence-corrected chi connectivity index (χ1v) is 5.02. The smallest absolute Gasteiger partial charge is 0.0925 e. The largest absolute Gasteiger partial charge is 0.374 e. The highest BCUT2D eigenvalue weighted by Gasteiger charge is 2.27. The highest BCUT2D eigenvalue weighted by molar-refractivity contribution is 6.31. The zero-order chi connectivity index (χ0) is 10.6. The average molecular weight is 214 g/mol. The second kappa shape index (κ2) is 4.78. The molecule has 2 nitrogen and oxygen atoms in total. The molecule has 0 aromatic heterocycles. The van der Waals surface area contributed by atoms with E-state index in [-0.39, 0.29) is 5.60 Å². The predicted octanol–water partition coefficient (Wildman–Crippen LogP) is 2.55. The van der Waals surface area contributed by atoms with Gasteiger partial charge in [0.15, 0.2) is 0 Å². The molecule has 14 heavy (non-hydrogen) atoms. The Morgan fingerprint density at radius 3 is 2.57 bits per heavy atom. The molecular weight excluding hydrogens is 198 g/mol. The van der Waals surface area contributed by atoms with Crippen LogP contribution in [0.1, 0.15) is 18.9 Å². The lowest BCUT2D eigenvalue weighted by atomic mass is 9.92. The molecule has 0 bridgehead atoms. The standard InChI is InChI=1S/C11H16ClNO/c1-11(14-2,7-8-13)9-5-3-4-6-10(9)12/h3-6H,7-8,13H2,1-2H3. The van der Waals surface area contributed by atoms with Gasteiger partial charge >= 0.3 is 0 Å². The van der Waals surface area contributed by atoms with Crippen molar-refractivity contribution in [2.24, 2.45) is 5.73 Å². The maximum Gasteiger partial charge on any atom is 0.0925 e. The van der Waals surface area contributed by atoms with Gasteiger partial charge in [0.05, 0.1) is 5.60 Å². The third kappa shape index (κ3) is 2.27. The monoisotopic (exact) mass is 213 g/mol. The molecule has 0 aliphatic heterocycles. The molecule has 1 aromatic rings. The Morgan fingerprint density at radius 1 is 1.43 bits per heavy atom. The van der Waals surface area contributed by atoms with E-state index in [1.807, 2.05) is 31.2 Å². The first-order chi connectivity index (χ1) is 6.64. The molecule has 1 unspecified atom stereocenters. The molecule has 0 aliphatic rings. The van der Waals surface area contributed by atoms with E-state index in [1.54, 1.807) is 7.11 Å². The van der Waals surface area contributed by atoms with Gasteiger partial charge in [0.2, 0.25) is 0 Å². The summed E-state index contributed by atoms with van der Waals surface area (Å²) >= 11 is 6.10. The Labute approximate surface area is 90.0 Å². The molecule has 0 amide bonds. The highest BCUT2D eigenvalue weighted by atomic mass is 35.5. The van der Waals surface area contributed by atoms with Crippen LogP contribution in [-0.2, 0) is 10.3 Å². The Hall–Kier alpha value is -0.570. The molecule has 0 saturated carbocycles. The Kier molecular flexibility index (Phi) is 3.93. The number of hydrogen-bond acceptors (Lipinski definition) is 2. The highest BCUT2D eigenvalue weighted by Crippen LogP contribution is 2.32. The molecular formula is C11H16ClNO. The summed E-state index contributed by atoms with van der Waals surface area (Å²) in [5.74, 6) is 0. The van der Waals surface area contributed by atoms with E-state index in [1.165, 1.54) is 0 Å². The maximum atomic E-state index is 6.10. The van der Waals surface area contributed by atoms with Crippen molar-refractivity contribution in [2.45, 2.75) is 18.9 Å². The molecule has 2 N–H and O–H groups in total. The van der Waals surface area contributed by atoms with Gasteiger partial charge in [0.25, 0.3) is 0 Å². The molecule has 0 radical (unpaired) electrons. The van der Waals surface area contributed by atoms with Crippen molar-refractivity contribution >= 4 is 11.6 Å². The van der Waals surface area contributed by atoms with Crippen molar-refractivity contribution in [3.8, 4) is 0 Å². The van der Waals surface area contributed by atoms with Crippen LogP contribution in [0.4, 0.5) is 0 Å². The van der Waals surface area contributed by atoms with E-state index >= 15 is 0 Å². The van der Waals surface area contributed by atoms with Gasteiger partial charge < -0.3 is 10.5 Å². The van der Waals surface area contributed by atoms with Crippen molar-refractivity contribution in [3.05, 3.63) is 34.9 Å². The van der Waals surface area contributed by atoms with Crippen LogP contribution >= 0.6 is 11.6 Å². The average Bonchev–Trinajstić information content (AvgIpc) is 2.18. The number of hydrogen-bond donors (Lipinski definition) is 1. The van der Waals surface area contributed by atoms with Gasteiger partial charge in [-0.1, -0.05) is 29.8 Å². The third-order valence-electron chi connectivity index (χ3n) is 2.52. The van der Waals surface area contributed by atoms with Crippen LogP contribution in [0.2, 0.25) is 5.02 Å². The summed E-state index contributed by atoms with van der Waals surface area (Å²) in [5, 5.41) is 0.727. The lowest BCUT2D eigenvalue weighted by molar-refractivity contribution is -0.00330. The summed E-state index contributed by atoms with van der Waals surface area (Å²) in [7, 11) is 1.68. The minimum Gasteiger partial charge on any atom is -0.374 e. The summed E-state index contributed by atoms with van der Waals surface area (Å²) < 4.78 is 5.48. The molecule has 1 rings (SSSR count). The van der Waals surface area contributed by atoms with Gasteiger partial charge in [-0.3, -0.25) is 0 Å².